The number of nitrogens with one attached hydrogen (secondary N) is 1. The van der Waals surface area contributed by atoms with Gasteiger partial charge in [-0.2, -0.15) is 18.4 Å². The number of hydrogen-bond acceptors (Lipinski definition) is 3. The number of amides is 2. The first-order valence-corrected chi connectivity index (χ1v) is 3.39. The number of carbonyl (C=O) groups excluding carboxylic acids is 2. The normalized spacial score (nSPS) is 22.4. The Labute approximate surface area is 76.0 Å². The summed E-state index contributed by atoms with van der Waals surface area (Å²) < 4.78 is 36.5. The molecule has 74 valence electrons. The van der Waals surface area contributed by atoms with Crippen molar-refractivity contribution < 1.29 is 22.8 Å². The molecule has 0 radical (unpaired) electrons. The number of imide groups is 1. The molecule has 0 aromatic rings. The smallest absolute Gasteiger partial charge is 0.291 e. The van der Waals surface area contributed by atoms with Gasteiger partial charge in [0.25, 0.3) is 5.91 Å². The molecule has 1 N–H and O–H groups in total. The van der Waals surface area contributed by atoms with Crippen molar-refractivity contribution in [2.75, 3.05) is 0 Å². The minimum Gasteiger partial charge on any atom is -0.291 e. The fourth-order valence-corrected chi connectivity index (χ4v) is 0.969. The van der Waals surface area contributed by atoms with Crippen molar-refractivity contribution in [2.24, 2.45) is 5.92 Å². The third-order valence-corrected chi connectivity index (χ3v) is 1.56. The molecule has 14 heavy (non-hydrogen) atoms. The highest BCUT2D eigenvalue weighted by Gasteiger charge is 2.45. The number of nitriles is 1. The van der Waals surface area contributed by atoms with Crippen LogP contribution in [-0.4, -0.2) is 18.0 Å². The van der Waals surface area contributed by atoms with Gasteiger partial charge >= 0.3 is 6.18 Å². The van der Waals surface area contributed by atoms with Crippen LogP contribution in [0.1, 0.15) is 0 Å². The second-order valence-electron chi connectivity index (χ2n) is 2.51. The molecule has 0 fully saturated rings. The maximum Gasteiger partial charge on any atom is 0.414 e. The molecule has 4 nitrogen and oxygen atoms in total. The van der Waals surface area contributed by atoms with Gasteiger partial charge in [-0.3, -0.25) is 14.9 Å². The van der Waals surface area contributed by atoms with Crippen LogP contribution in [0.25, 0.3) is 0 Å². The van der Waals surface area contributed by atoms with Gasteiger partial charge in [0.05, 0.1) is 11.6 Å². The molecule has 0 aromatic heterocycles. The number of alkyl halides is 3. The summed E-state index contributed by atoms with van der Waals surface area (Å²) in [5.74, 6) is -4.37. The van der Waals surface area contributed by atoms with Crippen LogP contribution in [-0.2, 0) is 9.59 Å². The predicted octanol–water partition coefficient (Wildman–Crippen LogP) is 0.271. The van der Waals surface area contributed by atoms with E-state index >= 15 is 0 Å². The van der Waals surface area contributed by atoms with Crippen molar-refractivity contribution >= 4 is 11.8 Å². The van der Waals surface area contributed by atoms with Crippen LogP contribution >= 0.6 is 0 Å². The molecule has 1 rings (SSSR count). The first-order chi connectivity index (χ1) is 6.36. The van der Waals surface area contributed by atoms with Crippen molar-refractivity contribution in [1.82, 2.24) is 5.32 Å². The van der Waals surface area contributed by atoms with Crippen LogP contribution in [0.4, 0.5) is 13.2 Å². The molecule has 2 amide bonds. The van der Waals surface area contributed by atoms with Crippen molar-refractivity contribution in [3.63, 3.8) is 0 Å². The highest BCUT2D eigenvalue weighted by Crippen LogP contribution is 2.32. The maximum atomic E-state index is 12.2. The summed E-state index contributed by atoms with van der Waals surface area (Å²) >= 11 is 0. The molecule has 7 heteroatoms. The number of halogens is 3. The molecule has 1 unspecified atom stereocenters. The molecule has 0 spiro atoms. The number of hydrogen-bond donors (Lipinski definition) is 1. The zero-order valence-electron chi connectivity index (χ0n) is 6.55. The van der Waals surface area contributed by atoms with Crippen LogP contribution in [0, 0.1) is 17.2 Å². The summed E-state index contributed by atoms with van der Waals surface area (Å²) in [6, 6.07) is 1.18. The van der Waals surface area contributed by atoms with Gasteiger partial charge in [0, 0.05) is 6.08 Å². The Bertz CT molecular complexity index is 364. The van der Waals surface area contributed by atoms with Crippen LogP contribution in [0.2, 0.25) is 0 Å². The third kappa shape index (κ3) is 1.74. The molecular weight excluding hydrogens is 201 g/mol. The second kappa shape index (κ2) is 3.14. The summed E-state index contributed by atoms with van der Waals surface area (Å²) in [6.07, 6.45) is -4.62. The predicted molar refractivity (Wildman–Crippen MR) is 36.4 cm³/mol. The SMILES string of the molecule is N#CC1C(=O)NC(=O)C=C1C(F)(F)F. The Morgan fingerprint density at radius 2 is 2.00 bits per heavy atom. The Morgan fingerprint density at radius 1 is 1.43 bits per heavy atom. The van der Waals surface area contributed by atoms with E-state index in [0.29, 0.717) is 0 Å². The lowest BCUT2D eigenvalue weighted by molar-refractivity contribution is -0.136. The number of rotatable bonds is 0. The van der Waals surface area contributed by atoms with Gasteiger partial charge in [-0.1, -0.05) is 0 Å². The highest BCUT2D eigenvalue weighted by molar-refractivity contribution is 6.07. The Balaban J connectivity index is 3.18. The molecule has 1 heterocycles. The lowest BCUT2D eigenvalue weighted by atomic mass is 9.96. The average molecular weight is 204 g/mol. The van der Waals surface area contributed by atoms with Gasteiger partial charge in [-0.25, -0.2) is 0 Å². The largest absolute Gasteiger partial charge is 0.414 e. The summed E-state index contributed by atoms with van der Waals surface area (Å²) in [4.78, 5) is 21.4. The van der Waals surface area contributed by atoms with Crippen LogP contribution in [0.5, 0.6) is 0 Å². The average Bonchev–Trinajstić information content (AvgIpc) is 2.01. The summed E-state index contributed by atoms with van der Waals surface area (Å²) in [6.45, 7) is 0. The monoisotopic (exact) mass is 204 g/mol. The third-order valence-electron chi connectivity index (χ3n) is 1.56. The molecule has 1 atom stereocenters. The second-order valence-corrected chi connectivity index (χ2v) is 2.51. The topological polar surface area (TPSA) is 70.0 Å². The van der Waals surface area contributed by atoms with Gasteiger partial charge in [-0.15, -0.1) is 0 Å². The summed E-state index contributed by atoms with van der Waals surface area (Å²) in [5.41, 5.74) is -1.42. The molecular formula is C7H3F3N2O2. The first-order valence-electron chi connectivity index (χ1n) is 3.39. The fraction of sp³-hybridized carbons (Fsp3) is 0.286. The Hall–Kier alpha value is -1.84. The summed E-state index contributed by atoms with van der Waals surface area (Å²) in [7, 11) is 0. The quantitative estimate of drug-likeness (QED) is 0.576. The van der Waals surface area contributed by atoms with E-state index in [0.717, 1.165) is 0 Å². The van der Waals surface area contributed by atoms with E-state index < -0.39 is 29.5 Å². The van der Waals surface area contributed by atoms with Crippen molar-refractivity contribution in [1.29, 1.82) is 5.26 Å². The van der Waals surface area contributed by atoms with E-state index in [1.807, 2.05) is 0 Å². The van der Waals surface area contributed by atoms with Crippen LogP contribution in [0.15, 0.2) is 11.6 Å². The molecule has 0 aliphatic carbocycles. The lowest BCUT2D eigenvalue weighted by Crippen LogP contribution is -2.42. The minimum atomic E-state index is -4.84. The fourth-order valence-electron chi connectivity index (χ4n) is 0.969. The van der Waals surface area contributed by atoms with Gasteiger partial charge in [0.2, 0.25) is 5.91 Å². The molecule has 0 saturated carbocycles. The Kier molecular flexibility index (Phi) is 2.30. The van der Waals surface area contributed by atoms with Gasteiger partial charge in [-0.05, 0) is 0 Å². The van der Waals surface area contributed by atoms with E-state index in [2.05, 4.69) is 0 Å². The van der Waals surface area contributed by atoms with E-state index in [1.165, 1.54) is 6.07 Å². The molecule has 0 aromatic carbocycles. The highest BCUT2D eigenvalue weighted by atomic mass is 19.4. The van der Waals surface area contributed by atoms with Crippen LogP contribution < -0.4 is 5.32 Å². The molecule has 1 aliphatic rings. The van der Waals surface area contributed by atoms with Crippen molar-refractivity contribution in [3.05, 3.63) is 11.6 Å². The van der Waals surface area contributed by atoms with Gasteiger partial charge in [0.1, 0.15) is 0 Å². The molecule has 0 bridgehead atoms. The van der Waals surface area contributed by atoms with E-state index in [-0.39, 0.29) is 6.08 Å². The van der Waals surface area contributed by atoms with Gasteiger partial charge in [0.15, 0.2) is 5.92 Å². The zero-order valence-corrected chi connectivity index (χ0v) is 6.55. The lowest BCUT2D eigenvalue weighted by Gasteiger charge is -2.19. The maximum absolute atomic E-state index is 12.2. The molecule has 1 aliphatic heterocycles. The van der Waals surface area contributed by atoms with Crippen molar-refractivity contribution in [2.45, 2.75) is 6.18 Å². The van der Waals surface area contributed by atoms with Gasteiger partial charge < -0.3 is 0 Å². The summed E-state index contributed by atoms with van der Waals surface area (Å²) in [5, 5.41) is 9.92. The number of carbonyl (C=O) groups is 2. The van der Waals surface area contributed by atoms with Crippen LogP contribution in [0.3, 0.4) is 0 Å². The van der Waals surface area contributed by atoms with Crippen molar-refractivity contribution in [3.8, 4) is 6.07 Å². The standard InChI is InChI=1S/C7H3F3N2O2/c8-7(9,10)4-1-5(13)12-6(14)3(4)2-11/h1,3H,(H,12,13,14). The first kappa shape index (κ1) is 10.2. The van der Waals surface area contributed by atoms with E-state index in [9.17, 15) is 22.8 Å². The van der Waals surface area contributed by atoms with E-state index in [4.69, 9.17) is 5.26 Å². The van der Waals surface area contributed by atoms with E-state index in [1.54, 1.807) is 5.32 Å². The Morgan fingerprint density at radius 3 is 2.43 bits per heavy atom. The molecule has 0 saturated heterocycles. The zero-order chi connectivity index (χ0) is 10.9. The minimum absolute atomic E-state index is 0.218. The number of nitrogens with zero attached hydrogens (tertiary/aromatic N) is 1.